The number of rotatable bonds is 4. The summed E-state index contributed by atoms with van der Waals surface area (Å²) in [6, 6.07) is 13.8. The van der Waals surface area contributed by atoms with Gasteiger partial charge in [-0.3, -0.25) is 0 Å². The summed E-state index contributed by atoms with van der Waals surface area (Å²) in [5.74, 6) is 1.09. The summed E-state index contributed by atoms with van der Waals surface area (Å²) in [7, 11) is 1.98. The summed E-state index contributed by atoms with van der Waals surface area (Å²) >= 11 is 0. The molecule has 142 valence electrons. The lowest BCUT2D eigenvalue weighted by molar-refractivity contribution is 0.429. The van der Waals surface area contributed by atoms with Crippen LogP contribution in [0.3, 0.4) is 0 Å². The van der Waals surface area contributed by atoms with E-state index in [1.54, 1.807) is 12.1 Å². The van der Waals surface area contributed by atoms with Crippen LogP contribution >= 0.6 is 0 Å². The number of ether oxygens (including phenoxy) is 1. The Labute approximate surface area is 164 Å². The minimum Gasteiger partial charge on any atom is -0.437 e. The average Bonchev–Trinajstić information content (AvgIpc) is 3.36. The lowest BCUT2D eigenvalue weighted by Gasteiger charge is -2.05. The predicted octanol–water partition coefficient (Wildman–Crippen LogP) is 4.62. The summed E-state index contributed by atoms with van der Waals surface area (Å²) in [6.07, 6.45) is 4.96. The van der Waals surface area contributed by atoms with Crippen LogP contribution in [0.5, 0.6) is 11.6 Å². The molecule has 0 amide bonds. The van der Waals surface area contributed by atoms with Crippen molar-refractivity contribution in [2.24, 2.45) is 7.05 Å². The molecule has 5 aromatic rings. The van der Waals surface area contributed by atoms with Gasteiger partial charge in [0, 0.05) is 24.9 Å². The van der Waals surface area contributed by atoms with Crippen molar-refractivity contribution in [1.29, 1.82) is 0 Å². The Morgan fingerprint density at radius 3 is 2.79 bits per heavy atom. The van der Waals surface area contributed by atoms with Crippen LogP contribution < -0.4 is 4.74 Å². The number of aryl methyl sites for hydroxylation is 1. The highest BCUT2D eigenvalue weighted by Gasteiger charge is 2.13. The van der Waals surface area contributed by atoms with Crippen molar-refractivity contribution in [3.63, 3.8) is 0 Å². The number of nitrogens with zero attached hydrogens (tertiary/aromatic N) is 5. The molecular formula is C21H14FN5O2. The van der Waals surface area contributed by atoms with Crippen molar-refractivity contribution in [1.82, 2.24) is 24.7 Å². The minimum absolute atomic E-state index is 0.188. The number of aromatic nitrogens is 5. The lowest BCUT2D eigenvalue weighted by atomic mass is 10.2. The molecule has 0 aliphatic carbocycles. The van der Waals surface area contributed by atoms with Crippen LogP contribution in [-0.2, 0) is 7.05 Å². The number of benzene rings is 2. The maximum atomic E-state index is 13.4. The number of halogens is 1. The van der Waals surface area contributed by atoms with Gasteiger partial charge in [-0.25, -0.2) is 14.4 Å². The molecule has 0 saturated heterocycles. The van der Waals surface area contributed by atoms with Gasteiger partial charge >= 0.3 is 0 Å². The largest absolute Gasteiger partial charge is 0.437 e. The Bertz CT molecular complexity index is 1310. The lowest BCUT2D eigenvalue weighted by Crippen LogP contribution is -1.92. The van der Waals surface area contributed by atoms with Crippen LogP contribution in [0.2, 0.25) is 0 Å². The highest BCUT2D eigenvalue weighted by atomic mass is 19.1. The van der Waals surface area contributed by atoms with Gasteiger partial charge in [0.2, 0.25) is 11.7 Å². The summed E-state index contributed by atoms with van der Waals surface area (Å²) in [5.41, 5.74) is 1.97. The molecule has 3 heterocycles. The Morgan fingerprint density at radius 1 is 1.03 bits per heavy atom. The zero-order valence-corrected chi connectivity index (χ0v) is 15.3. The fourth-order valence-electron chi connectivity index (χ4n) is 2.98. The average molecular weight is 387 g/mol. The highest BCUT2D eigenvalue weighted by Crippen LogP contribution is 2.26. The second-order valence-electron chi connectivity index (χ2n) is 6.42. The maximum Gasteiger partial charge on any atom is 0.278 e. The van der Waals surface area contributed by atoms with E-state index in [4.69, 9.17) is 9.26 Å². The SMILES string of the molecule is Cn1ccc2ccc(Oc3cnc(-c4nc(-c5cccc(F)c5)no4)cn3)cc21. The number of hydrogen-bond acceptors (Lipinski definition) is 6. The molecule has 8 heteroatoms. The first-order chi connectivity index (χ1) is 14.2. The summed E-state index contributed by atoms with van der Waals surface area (Å²) in [5, 5.41) is 5.00. The fourth-order valence-corrected chi connectivity index (χ4v) is 2.98. The summed E-state index contributed by atoms with van der Waals surface area (Å²) in [4.78, 5) is 12.8. The van der Waals surface area contributed by atoms with Crippen LogP contribution in [0.25, 0.3) is 33.9 Å². The molecule has 7 nitrogen and oxygen atoms in total. The Hall–Kier alpha value is -4.07. The molecule has 0 saturated carbocycles. The molecule has 0 aliphatic rings. The van der Waals surface area contributed by atoms with Crippen LogP contribution in [0.15, 0.2) is 71.6 Å². The zero-order chi connectivity index (χ0) is 19.8. The molecule has 0 N–H and O–H groups in total. The van der Waals surface area contributed by atoms with Crippen molar-refractivity contribution in [2.75, 3.05) is 0 Å². The fraction of sp³-hybridized carbons (Fsp3) is 0.0476. The highest BCUT2D eigenvalue weighted by molar-refractivity contribution is 5.81. The first kappa shape index (κ1) is 17.1. The van der Waals surface area contributed by atoms with E-state index in [-0.39, 0.29) is 17.5 Å². The Balaban J connectivity index is 1.36. The van der Waals surface area contributed by atoms with E-state index in [1.165, 1.54) is 24.5 Å². The third kappa shape index (κ3) is 3.31. The van der Waals surface area contributed by atoms with Crippen molar-refractivity contribution < 1.29 is 13.7 Å². The second kappa shape index (κ2) is 6.83. The predicted molar refractivity (Wildman–Crippen MR) is 104 cm³/mol. The van der Waals surface area contributed by atoms with Gasteiger partial charge in [0.25, 0.3) is 5.89 Å². The normalized spacial score (nSPS) is 11.1. The van der Waals surface area contributed by atoms with E-state index in [1.807, 2.05) is 42.1 Å². The smallest absolute Gasteiger partial charge is 0.278 e. The van der Waals surface area contributed by atoms with E-state index < -0.39 is 0 Å². The monoisotopic (exact) mass is 387 g/mol. The molecular weight excluding hydrogens is 373 g/mol. The topological polar surface area (TPSA) is 78.9 Å². The molecule has 0 atom stereocenters. The molecule has 0 unspecified atom stereocenters. The van der Waals surface area contributed by atoms with E-state index >= 15 is 0 Å². The standard InChI is InChI=1S/C21H14FN5O2/c1-27-8-7-13-5-6-16(10-18(13)27)28-19-12-23-17(11-24-19)21-25-20(26-29-21)14-3-2-4-15(22)9-14/h2-12H,1H3. The molecule has 0 spiro atoms. The van der Waals surface area contributed by atoms with Crippen LogP contribution in [0.1, 0.15) is 0 Å². The molecule has 0 aliphatic heterocycles. The van der Waals surface area contributed by atoms with Crippen LogP contribution in [-0.4, -0.2) is 24.7 Å². The summed E-state index contributed by atoms with van der Waals surface area (Å²) < 4.78 is 26.4. The first-order valence-electron chi connectivity index (χ1n) is 8.81. The van der Waals surface area contributed by atoms with Crippen LogP contribution in [0, 0.1) is 5.82 Å². The molecule has 5 rings (SSSR count). The molecule has 3 aromatic heterocycles. The van der Waals surface area contributed by atoms with Gasteiger partial charge in [-0.05, 0) is 35.7 Å². The third-order valence-electron chi connectivity index (χ3n) is 4.44. The molecule has 0 radical (unpaired) electrons. The van der Waals surface area contributed by atoms with Gasteiger partial charge < -0.3 is 13.8 Å². The third-order valence-corrected chi connectivity index (χ3v) is 4.44. The Morgan fingerprint density at radius 2 is 1.97 bits per heavy atom. The minimum atomic E-state index is -0.372. The van der Waals surface area contributed by atoms with Gasteiger partial charge in [0.15, 0.2) is 0 Å². The van der Waals surface area contributed by atoms with E-state index in [2.05, 4.69) is 20.1 Å². The molecule has 0 fully saturated rings. The van der Waals surface area contributed by atoms with Gasteiger partial charge in [-0.15, -0.1) is 0 Å². The maximum absolute atomic E-state index is 13.4. The van der Waals surface area contributed by atoms with Crippen molar-refractivity contribution in [3.8, 4) is 34.6 Å². The quantitative estimate of drug-likeness (QED) is 0.448. The van der Waals surface area contributed by atoms with Crippen LogP contribution in [0.4, 0.5) is 4.39 Å². The first-order valence-corrected chi connectivity index (χ1v) is 8.81. The number of hydrogen-bond donors (Lipinski definition) is 0. The molecule has 29 heavy (non-hydrogen) atoms. The molecule has 0 bridgehead atoms. The van der Waals surface area contributed by atoms with E-state index in [0.29, 0.717) is 22.9 Å². The number of fused-ring (bicyclic) bond motifs is 1. The Kier molecular flexibility index (Phi) is 4.02. The second-order valence-corrected chi connectivity index (χ2v) is 6.42. The summed E-state index contributed by atoms with van der Waals surface area (Å²) in [6.45, 7) is 0. The van der Waals surface area contributed by atoms with Gasteiger partial charge in [0.05, 0.1) is 17.9 Å². The van der Waals surface area contributed by atoms with E-state index in [9.17, 15) is 4.39 Å². The molecule has 2 aromatic carbocycles. The van der Waals surface area contributed by atoms with Crippen molar-refractivity contribution >= 4 is 10.9 Å². The van der Waals surface area contributed by atoms with Gasteiger partial charge in [-0.1, -0.05) is 17.3 Å². The van der Waals surface area contributed by atoms with Crippen molar-refractivity contribution in [3.05, 3.63) is 72.9 Å². The zero-order valence-electron chi connectivity index (χ0n) is 15.3. The van der Waals surface area contributed by atoms with Gasteiger partial charge in [0.1, 0.15) is 17.3 Å². The van der Waals surface area contributed by atoms with E-state index in [0.717, 1.165) is 10.9 Å². The van der Waals surface area contributed by atoms with Gasteiger partial charge in [-0.2, -0.15) is 4.98 Å². The van der Waals surface area contributed by atoms with Crippen molar-refractivity contribution in [2.45, 2.75) is 0 Å².